The van der Waals surface area contributed by atoms with E-state index in [1.807, 2.05) is 0 Å². The summed E-state index contributed by atoms with van der Waals surface area (Å²) in [7, 11) is 0. The number of esters is 1. The third-order valence-corrected chi connectivity index (χ3v) is 4.62. The van der Waals surface area contributed by atoms with E-state index in [-0.39, 0.29) is 16.3 Å². The third-order valence-electron chi connectivity index (χ3n) is 3.79. The first-order valence-electron chi connectivity index (χ1n) is 7.88. The van der Waals surface area contributed by atoms with Crippen molar-refractivity contribution < 1.29 is 19.1 Å². The number of thiophene rings is 1. The van der Waals surface area contributed by atoms with E-state index < -0.39 is 29.4 Å². The summed E-state index contributed by atoms with van der Waals surface area (Å²) < 4.78 is 5.12. The van der Waals surface area contributed by atoms with E-state index in [4.69, 9.17) is 10.5 Å². The standard InChI is InChI=1S/C18H15N3O5S/c1-9(15(23)21-17-12(14(19)22)6-7-27-17)26-18(25)13-8-10-4-2-3-5-11(10)16(24)20-13/h2-9H,1H3,(H2,19,22)(H,20,24)(H,21,23)/t9-/m0/s1. The molecule has 0 aliphatic rings. The van der Waals surface area contributed by atoms with Gasteiger partial charge in [-0.25, -0.2) is 4.79 Å². The maximum absolute atomic E-state index is 12.3. The second-order valence-electron chi connectivity index (χ2n) is 5.66. The summed E-state index contributed by atoms with van der Waals surface area (Å²) in [6.07, 6.45) is -1.16. The van der Waals surface area contributed by atoms with Gasteiger partial charge in [-0.05, 0) is 35.9 Å². The van der Waals surface area contributed by atoms with Gasteiger partial charge < -0.3 is 20.8 Å². The van der Waals surface area contributed by atoms with Crippen molar-refractivity contribution in [3.63, 3.8) is 0 Å². The number of aromatic amines is 1. The molecule has 0 aliphatic heterocycles. The van der Waals surface area contributed by atoms with Gasteiger partial charge in [-0.2, -0.15) is 0 Å². The molecule has 0 aliphatic carbocycles. The number of H-pyrrole nitrogens is 1. The molecule has 0 saturated carbocycles. The minimum Gasteiger partial charge on any atom is -0.448 e. The predicted molar refractivity (Wildman–Crippen MR) is 101 cm³/mol. The average Bonchev–Trinajstić information content (AvgIpc) is 3.10. The highest BCUT2D eigenvalue weighted by Crippen LogP contribution is 2.23. The van der Waals surface area contributed by atoms with Crippen LogP contribution in [0.4, 0.5) is 5.00 Å². The summed E-state index contributed by atoms with van der Waals surface area (Å²) >= 11 is 1.12. The number of benzene rings is 1. The van der Waals surface area contributed by atoms with E-state index in [0.717, 1.165) is 11.3 Å². The fourth-order valence-corrected chi connectivity index (χ4v) is 3.21. The first kappa shape index (κ1) is 18.3. The van der Waals surface area contributed by atoms with Crippen molar-refractivity contribution in [3.8, 4) is 0 Å². The number of carbonyl (C=O) groups is 3. The number of hydrogen-bond acceptors (Lipinski definition) is 6. The lowest BCUT2D eigenvalue weighted by Crippen LogP contribution is -2.31. The van der Waals surface area contributed by atoms with E-state index in [1.54, 1.807) is 29.6 Å². The molecule has 0 unspecified atom stereocenters. The Bertz CT molecular complexity index is 1100. The van der Waals surface area contributed by atoms with Gasteiger partial charge in [-0.1, -0.05) is 18.2 Å². The molecule has 8 nitrogen and oxygen atoms in total. The first-order valence-corrected chi connectivity index (χ1v) is 8.76. The number of nitrogens with one attached hydrogen (secondary N) is 2. The second-order valence-corrected chi connectivity index (χ2v) is 6.58. The van der Waals surface area contributed by atoms with Crippen molar-refractivity contribution >= 4 is 44.9 Å². The number of carbonyl (C=O) groups excluding carboxylic acids is 3. The van der Waals surface area contributed by atoms with E-state index >= 15 is 0 Å². The molecular weight excluding hydrogens is 370 g/mol. The molecule has 3 aromatic rings. The van der Waals surface area contributed by atoms with Gasteiger partial charge in [0.2, 0.25) is 0 Å². The highest BCUT2D eigenvalue weighted by atomic mass is 32.1. The van der Waals surface area contributed by atoms with Gasteiger partial charge in [0.1, 0.15) is 10.7 Å². The molecule has 0 fully saturated rings. The average molecular weight is 385 g/mol. The number of anilines is 1. The van der Waals surface area contributed by atoms with Crippen LogP contribution in [0.5, 0.6) is 0 Å². The van der Waals surface area contributed by atoms with Crippen LogP contribution in [0.3, 0.4) is 0 Å². The summed E-state index contributed by atoms with van der Waals surface area (Å²) in [4.78, 5) is 50.3. The van der Waals surface area contributed by atoms with Crippen LogP contribution in [0.2, 0.25) is 0 Å². The second kappa shape index (κ2) is 7.42. The zero-order chi connectivity index (χ0) is 19.6. The van der Waals surface area contributed by atoms with Crippen molar-refractivity contribution in [1.29, 1.82) is 0 Å². The number of nitrogens with two attached hydrogens (primary N) is 1. The van der Waals surface area contributed by atoms with E-state index in [2.05, 4.69) is 10.3 Å². The Balaban J connectivity index is 1.73. The van der Waals surface area contributed by atoms with Crippen LogP contribution in [0.25, 0.3) is 10.8 Å². The monoisotopic (exact) mass is 385 g/mol. The normalized spacial score (nSPS) is 11.7. The van der Waals surface area contributed by atoms with Crippen LogP contribution in [0, 0.1) is 0 Å². The Labute approximate surface area is 157 Å². The third kappa shape index (κ3) is 3.87. The zero-order valence-electron chi connectivity index (χ0n) is 14.1. The highest BCUT2D eigenvalue weighted by Gasteiger charge is 2.22. The number of rotatable bonds is 5. The van der Waals surface area contributed by atoms with E-state index in [9.17, 15) is 19.2 Å². The van der Waals surface area contributed by atoms with Crippen molar-refractivity contribution in [2.75, 3.05) is 5.32 Å². The fourth-order valence-electron chi connectivity index (χ4n) is 2.41. The Kier molecular flexibility index (Phi) is 5.04. The molecule has 9 heteroatoms. The molecular formula is C18H15N3O5S. The SMILES string of the molecule is C[C@H](OC(=O)c1cc2ccccc2c(=O)[nH]1)C(=O)Nc1sccc1C(N)=O. The number of pyridine rings is 1. The van der Waals surface area contributed by atoms with Gasteiger partial charge >= 0.3 is 5.97 Å². The predicted octanol–water partition coefficient (Wildman–Crippen LogP) is 1.87. The zero-order valence-corrected chi connectivity index (χ0v) is 15.0. The van der Waals surface area contributed by atoms with Crippen molar-refractivity contribution in [2.45, 2.75) is 13.0 Å². The maximum Gasteiger partial charge on any atom is 0.355 e. The molecule has 4 N–H and O–H groups in total. The summed E-state index contributed by atoms with van der Waals surface area (Å²) in [5.74, 6) is -2.15. The quantitative estimate of drug-likeness (QED) is 0.577. The maximum atomic E-state index is 12.3. The molecule has 0 spiro atoms. The molecule has 0 radical (unpaired) electrons. The van der Waals surface area contributed by atoms with Crippen molar-refractivity contribution in [3.05, 3.63) is 63.4 Å². The van der Waals surface area contributed by atoms with Crippen molar-refractivity contribution in [1.82, 2.24) is 4.98 Å². The fraction of sp³-hybridized carbons (Fsp3) is 0.111. The summed E-state index contributed by atoms with van der Waals surface area (Å²) in [6, 6.07) is 9.75. The van der Waals surface area contributed by atoms with Gasteiger partial charge in [0.25, 0.3) is 17.4 Å². The Morgan fingerprint density at radius 3 is 2.70 bits per heavy atom. The van der Waals surface area contributed by atoms with Crippen molar-refractivity contribution in [2.24, 2.45) is 5.73 Å². The minimum absolute atomic E-state index is 0.0627. The topological polar surface area (TPSA) is 131 Å². The van der Waals surface area contributed by atoms with Crippen LogP contribution in [-0.2, 0) is 9.53 Å². The lowest BCUT2D eigenvalue weighted by Gasteiger charge is -2.13. The number of amides is 2. The van der Waals surface area contributed by atoms with Crippen LogP contribution < -0.4 is 16.6 Å². The first-order chi connectivity index (χ1) is 12.9. The van der Waals surface area contributed by atoms with Gasteiger partial charge in [0.05, 0.1) is 5.56 Å². The number of aromatic nitrogens is 1. The van der Waals surface area contributed by atoms with Crippen LogP contribution >= 0.6 is 11.3 Å². The lowest BCUT2D eigenvalue weighted by molar-refractivity contribution is -0.123. The lowest BCUT2D eigenvalue weighted by atomic mass is 10.1. The largest absolute Gasteiger partial charge is 0.448 e. The summed E-state index contributed by atoms with van der Waals surface area (Å²) in [5.41, 5.74) is 4.90. The highest BCUT2D eigenvalue weighted by molar-refractivity contribution is 7.14. The molecule has 138 valence electrons. The van der Waals surface area contributed by atoms with Gasteiger partial charge in [0, 0.05) is 5.39 Å². The van der Waals surface area contributed by atoms with E-state index in [0.29, 0.717) is 10.8 Å². The molecule has 0 saturated heterocycles. The number of ether oxygens (including phenoxy) is 1. The van der Waals surface area contributed by atoms with Crippen LogP contribution in [0.1, 0.15) is 27.8 Å². The van der Waals surface area contributed by atoms with Gasteiger partial charge in [0.15, 0.2) is 6.10 Å². The Morgan fingerprint density at radius 1 is 1.22 bits per heavy atom. The molecule has 27 heavy (non-hydrogen) atoms. The number of primary amides is 1. The molecule has 2 amide bonds. The Morgan fingerprint density at radius 2 is 1.96 bits per heavy atom. The number of fused-ring (bicyclic) bond motifs is 1. The Hall–Kier alpha value is -3.46. The van der Waals surface area contributed by atoms with Gasteiger partial charge in [-0.15, -0.1) is 11.3 Å². The number of hydrogen-bond donors (Lipinski definition) is 3. The van der Waals surface area contributed by atoms with Gasteiger partial charge in [-0.3, -0.25) is 14.4 Å². The molecule has 2 heterocycles. The van der Waals surface area contributed by atoms with Crippen LogP contribution in [0.15, 0.2) is 46.6 Å². The molecule has 2 aromatic heterocycles. The summed E-state index contributed by atoms with van der Waals surface area (Å²) in [5, 5.41) is 5.40. The summed E-state index contributed by atoms with van der Waals surface area (Å²) in [6.45, 7) is 1.38. The molecule has 3 rings (SSSR count). The molecule has 1 aromatic carbocycles. The smallest absolute Gasteiger partial charge is 0.355 e. The molecule has 1 atom stereocenters. The van der Waals surface area contributed by atoms with E-state index in [1.165, 1.54) is 19.1 Å². The van der Waals surface area contributed by atoms with Crippen LogP contribution in [-0.4, -0.2) is 28.9 Å². The molecule has 0 bridgehead atoms. The minimum atomic E-state index is -1.16.